The summed E-state index contributed by atoms with van der Waals surface area (Å²) in [6.07, 6.45) is 16.5. The first-order valence-electron chi connectivity index (χ1n) is 10.2. The molecule has 4 rings (SSSR count). The van der Waals surface area contributed by atoms with Gasteiger partial charge < -0.3 is 0 Å². The van der Waals surface area contributed by atoms with Gasteiger partial charge in [-0.25, -0.2) is 0 Å². The van der Waals surface area contributed by atoms with E-state index in [4.69, 9.17) is 0 Å². The fraction of sp³-hybridized carbons (Fsp3) is 0.591. The average molecular weight is 354 g/mol. The Morgan fingerprint density at radius 3 is 2.00 bits per heavy atom. The largest absolute Gasteiger partial charge is 0.268 e. The molecular formula is C22H31N2P. The van der Waals surface area contributed by atoms with Gasteiger partial charge in [-0.2, -0.15) is 5.10 Å². The zero-order valence-corrected chi connectivity index (χ0v) is 16.4. The van der Waals surface area contributed by atoms with Crippen LogP contribution in [0.1, 0.15) is 64.2 Å². The molecule has 2 saturated carbocycles. The first kappa shape index (κ1) is 17.3. The van der Waals surface area contributed by atoms with Crippen LogP contribution in [0, 0.1) is 0 Å². The summed E-state index contributed by atoms with van der Waals surface area (Å²) in [5, 5.41) is 6.11. The van der Waals surface area contributed by atoms with Crippen LogP contribution in [0.5, 0.6) is 0 Å². The lowest BCUT2D eigenvalue weighted by Gasteiger charge is -2.39. The van der Waals surface area contributed by atoms with Crippen molar-refractivity contribution in [3.8, 4) is 11.3 Å². The molecule has 0 radical (unpaired) electrons. The highest BCUT2D eigenvalue weighted by molar-refractivity contribution is 7.67. The third-order valence-corrected chi connectivity index (χ3v) is 9.77. The summed E-state index contributed by atoms with van der Waals surface area (Å²) in [4.78, 5) is 0. The van der Waals surface area contributed by atoms with E-state index in [1.807, 2.05) is 10.9 Å². The third-order valence-electron chi connectivity index (χ3n) is 6.22. The molecule has 0 unspecified atom stereocenters. The number of hydrogen-bond acceptors (Lipinski definition) is 1. The van der Waals surface area contributed by atoms with Gasteiger partial charge in [0.15, 0.2) is 0 Å². The van der Waals surface area contributed by atoms with Crippen LogP contribution in [-0.4, -0.2) is 21.1 Å². The highest BCUT2D eigenvalue weighted by atomic mass is 31.1. The van der Waals surface area contributed by atoms with Crippen molar-refractivity contribution >= 4 is 13.2 Å². The van der Waals surface area contributed by atoms with E-state index >= 15 is 0 Å². The molecule has 1 aromatic carbocycles. The Hall–Kier alpha value is -1.14. The molecule has 0 aliphatic heterocycles. The summed E-state index contributed by atoms with van der Waals surface area (Å²) in [6, 6.07) is 11.5. The van der Waals surface area contributed by atoms with Crippen LogP contribution >= 0.6 is 7.92 Å². The number of rotatable bonds is 4. The zero-order valence-electron chi connectivity index (χ0n) is 15.5. The van der Waals surface area contributed by atoms with Gasteiger partial charge in [0.05, 0.1) is 5.69 Å². The molecule has 0 N–H and O–H groups in total. The molecule has 2 fully saturated rings. The lowest BCUT2D eigenvalue weighted by atomic mass is 9.99. The van der Waals surface area contributed by atoms with Crippen molar-refractivity contribution in [2.24, 2.45) is 7.05 Å². The standard InChI is InChI=1S/C22H31N2P/c1-24-21(16-17-23-24)20-14-8-9-15-22(20)25(18-10-4-2-5-11-18)19-12-6-3-7-13-19/h8-9,14-19H,2-7,10-13H2,1H3. The van der Waals surface area contributed by atoms with Gasteiger partial charge >= 0.3 is 0 Å². The van der Waals surface area contributed by atoms with E-state index in [0.717, 1.165) is 11.3 Å². The Kier molecular flexibility index (Phi) is 5.56. The smallest absolute Gasteiger partial charge is 0.0685 e. The van der Waals surface area contributed by atoms with E-state index in [1.54, 1.807) is 5.30 Å². The highest BCUT2D eigenvalue weighted by Gasteiger charge is 2.33. The van der Waals surface area contributed by atoms with Crippen molar-refractivity contribution < 1.29 is 0 Å². The van der Waals surface area contributed by atoms with Gasteiger partial charge in [0.1, 0.15) is 0 Å². The first-order valence-corrected chi connectivity index (χ1v) is 11.7. The van der Waals surface area contributed by atoms with Gasteiger partial charge in [-0.15, -0.1) is 0 Å². The van der Waals surface area contributed by atoms with Gasteiger partial charge in [-0.3, -0.25) is 4.68 Å². The fourth-order valence-corrected chi connectivity index (χ4v) is 8.91. The molecular weight excluding hydrogens is 323 g/mol. The molecule has 1 aromatic heterocycles. The Morgan fingerprint density at radius 1 is 0.840 bits per heavy atom. The maximum atomic E-state index is 4.44. The van der Waals surface area contributed by atoms with E-state index < -0.39 is 0 Å². The van der Waals surface area contributed by atoms with Crippen molar-refractivity contribution in [2.75, 3.05) is 0 Å². The molecule has 2 aliphatic rings. The van der Waals surface area contributed by atoms with E-state index in [1.165, 1.54) is 75.5 Å². The Labute approximate surface area is 153 Å². The van der Waals surface area contributed by atoms with Crippen molar-refractivity contribution in [1.29, 1.82) is 0 Å². The van der Waals surface area contributed by atoms with E-state index in [2.05, 4.69) is 42.5 Å². The number of benzene rings is 1. The van der Waals surface area contributed by atoms with Crippen LogP contribution in [0.4, 0.5) is 0 Å². The molecule has 134 valence electrons. The molecule has 0 amide bonds. The van der Waals surface area contributed by atoms with E-state index in [9.17, 15) is 0 Å². The summed E-state index contributed by atoms with van der Waals surface area (Å²) in [5.74, 6) is 0. The molecule has 25 heavy (non-hydrogen) atoms. The van der Waals surface area contributed by atoms with E-state index in [-0.39, 0.29) is 7.92 Å². The van der Waals surface area contributed by atoms with E-state index in [0.29, 0.717) is 0 Å². The zero-order chi connectivity index (χ0) is 17.1. The summed E-state index contributed by atoms with van der Waals surface area (Å²) in [7, 11) is 2.01. The van der Waals surface area contributed by atoms with Gasteiger partial charge in [0.25, 0.3) is 0 Å². The number of nitrogens with zero attached hydrogens (tertiary/aromatic N) is 2. The summed E-state index contributed by atoms with van der Waals surface area (Å²) < 4.78 is 2.05. The molecule has 2 aromatic rings. The minimum Gasteiger partial charge on any atom is -0.268 e. The highest BCUT2D eigenvalue weighted by Crippen LogP contribution is 2.56. The van der Waals surface area contributed by atoms with Crippen LogP contribution in [0.3, 0.4) is 0 Å². The monoisotopic (exact) mass is 354 g/mol. The third kappa shape index (κ3) is 3.70. The normalized spacial score (nSPS) is 20.2. The minimum absolute atomic E-state index is 0.0711. The topological polar surface area (TPSA) is 17.8 Å². The van der Waals surface area contributed by atoms with Gasteiger partial charge in [-0.05, 0) is 48.4 Å². The second-order valence-corrected chi connectivity index (χ2v) is 10.6. The Morgan fingerprint density at radius 2 is 1.44 bits per heavy atom. The Bertz CT molecular complexity index is 663. The number of hydrogen-bond donors (Lipinski definition) is 0. The maximum Gasteiger partial charge on any atom is 0.0685 e. The SMILES string of the molecule is Cn1nccc1-c1ccccc1P(C1CCCCC1)C1CCCCC1. The maximum absolute atomic E-state index is 4.44. The lowest BCUT2D eigenvalue weighted by molar-refractivity contribution is 0.487. The van der Waals surface area contributed by atoms with Crippen molar-refractivity contribution in [3.63, 3.8) is 0 Å². The van der Waals surface area contributed by atoms with Crippen molar-refractivity contribution in [1.82, 2.24) is 9.78 Å². The van der Waals surface area contributed by atoms with Crippen molar-refractivity contribution in [3.05, 3.63) is 36.5 Å². The molecule has 3 heteroatoms. The quantitative estimate of drug-likeness (QED) is 0.629. The van der Waals surface area contributed by atoms with Crippen molar-refractivity contribution in [2.45, 2.75) is 75.5 Å². The summed E-state index contributed by atoms with van der Waals surface area (Å²) in [5.41, 5.74) is 4.63. The predicted octanol–water partition coefficient (Wildman–Crippen LogP) is 5.86. The molecule has 0 spiro atoms. The van der Waals surface area contributed by atoms with Gasteiger partial charge in [0, 0.05) is 18.8 Å². The summed E-state index contributed by atoms with van der Waals surface area (Å²) in [6.45, 7) is 0. The van der Waals surface area contributed by atoms with Gasteiger partial charge in [-0.1, -0.05) is 70.7 Å². The molecule has 0 atom stereocenters. The molecule has 2 nitrogen and oxygen atoms in total. The van der Waals surface area contributed by atoms with Crippen LogP contribution in [0.15, 0.2) is 36.5 Å². The predicted molar refractivity (Wildman–Crippen MR) is 109 cm³/mol. The minimum atomic E-state index is -0.0711. The fourth-order valence-electron chi connectivity index (χ4n) is 4.96. The second-order valence-electron chi connectivity index (χ2n) is 7.85. The molecule has 1 heterocycles. The van der Waals surface area contributed by atoms with Crippen LogP contribution < -0.4 is 5.30 Å². The van der Waals surface area contributed by atoms with Crippen LogP contribution in [-0.2, 0) is 7.05 Å². The molecule has 2 aliphatic carbocycles. The summed E-state index contributed by atoms with van der Waals surface area (Å²) >= 11 is 0. The first-order chi connectivity index (χ1) is 12.3. The van der Waals surface area contributed by atoms with Crippen LogP contribution in [0.25, 0.3) is 11.3 Å². The van der Waals surface area contributed by atoms with Crippen LogP contribution in [0.2, 0.25) is 0 Å². The number of aryl methyl sites for hydroxylation is 1. The Balaban J connectivity index is 1.75. The second kappa shape index (κ2) is 8.04. The number of aromatic nitrogens is 2. The van der Waals surface area contributed by atoms with Gasteiger partial charge in [0.2, 0.25) is 0 Å². The lowest BCUT2D eigenvalue weighted by Crippen LogP contribution is -2.27. The average Bonchev–Trinajstić information content (AvgIpc) is 3.10. The molecule has 0 bridgehead atoms. The molecule has 0 saturated heterocycles.